The van der Waals surface area contributed by atoms with Crippen LogP contribution in [0.15, 0.2) is 45.7 Å². The summed E-state index contributed by atoms with van der Waals surface area (Å²) in [6.45, 7) is 5.26. The highest BCUT2D eigenvalue weighted by Gasteiger charge is 2.34. The molecule has 2 aromatic carbocycles. The summed E-state index contributed by atoms with van der Waals surface area (Å²) in [5.74, 6) is 0.329. The van der Waals surface area contributed by atoms with Gasteiger partial charge >= 0.3 is 0 Å². The fourth-order valence-electron chi connectivity index (χ4n) is 4.82. The minimum Gasteiger partial charge on any atom is -0.368 e. The molecule has 2 saturated heterocycles. The second-order valence-corrected chi connectivity index (χ2v) is 10.8. The molecule has 7 nitrogen and oxygen atoms in total. The molecule has 1 amide bonds. The van der Waals surface area contributed by atoms with Crippen LogP contribution in [-0.4, -0.2) is 57.8 Å². The molecule has 0 unspecified atom stereocenters. The van der Waals surface area contributed by atoms with Crippen LogP contribution in [0.5, 0.6) is 0 Å². The number of amides is 1. The van der Waals surface area contributed by atoms with Crippen LogP contribution in [0, 0.1) is 6.92 Å². The molecule has 33 heavy (non-hydrogen) atoms. The number of carbonyl (C=O) groups is 1. The maximum Gasteiger partial charge on any atom is 0.286 e. The van der Waals surface area contributed by atoms with Crippen molar-refractivity contribution in [3.05, 3.63) is 52.5 Å². The van der Waals surface area contributed by atoms with Gasteiger partial charge in [0.05, 0.1) is 16.3 Å². The smallest absolute Gasteiger partial charge is 0.286 e. The fourth-order valence-corrected chi connectivity index (χ4v) is 6.33. The number of hydrogen-bond donors (Lipinski definition) is 0. The van der Waals surface area contributed by atoms with Crippen molar-refractivity contribution in [2.24, 2.45) is 4.40 Å². The number of halogens is 1. The van der Waals surface area contributed by atoms with Crippen molar-refractivity contribution in [2.45, 2.75) is 37.5 Å². The zero-order chi connectivity index (χ0) is 23.2. The first-order valence-corrected chi connectivity index (χ1v) is 13.2. The van der Waals surface area contributed by atoms with Gasteiger partial charge in [-0.05, 0) is 49.6 Å². The number of sulfonamides is 1. The van der Waals surface area contributed by atoms with Gasteiger partial charge in [0, 0.05) is 44.8 Å². The first kappa shape index (κ1) is 22.2. The van der Waals surface area contributed by atoms with Crippen LogP contribution in [0.3, 0.4) is 0 Å². The van der Waals surface area contributed by atoms with Gasteiger partial charge in [-0.2, -0.15) is 8.42 Å². The van der Waals surface area contributed by atoms with E-state index in [0.717, 1.165) is 24.9 Å². The van der Waals surface area contributed by atoms with E-state index in [1.165, 1.54) is 11.6 Å². The van der Waals surface area contributed by atoms with Gasteiger partial charge in [-0.3, -0.25) is 4.79 Å². The highest BCUT2D eigenvalue weighted by Crippen LogP contribution is 2.38. The van der Waals surface area contributed by atoms with Crippen LogP contribution in [0.1, 0.15) is 41.6 Å². The van der Waals surface area contributed by atoms with Crippen molar-refractivity contribution >= 4 is 44.7 Å². The summed E-state index contributed by atoms with van der Waals surface area (Å²) in [7, 11) is -3.87. The number of fused-ring (bicyclic) bond motifs is 3. The number of aryl methyl sites for hydroxylation is 1. The topological polar surface area (TPSA) is 73.3 Å². The van der Waals surface area contributed by atoms with E-state index in [1.807, 2.05) is 11.0 Å². The third-order valence-electron chi connectivity index (χ3n) is 6.60. The minimum atomic E-state index is -3.87. The van der Waals surface area contributed by atoms with Gasteiger partial charge in [0.25, 0.3) is 15.9 Å². The lowest BCUT2D eigenvalue weighted by atomic mass is 10.1. The maximum absolute atomic E-state index is 13.3. The Morgan fingerprint density at radius 3 is 2.55 bits per heavy atom. The van der Waals surface area contributed by atoms with Crippen LogP contribution in [0.2, 0.25) is 5.02 Å². The first-order valence-electron chi connectivity index (χ1n) is 11.4. The fraction of sp³-hybridized carbons (Fsp3) is 0.417. The maximum atomic E-state index is 13.3. The number of nitrogens with zero attached hydrogens (tertiary/aromatic N) is 4. The molecular weight excluding hydrogens is 460 g/mol. The summed E-state index contributed by atoms with van der Waals surface area (Å²) in [6, 6.07) is 11.4. The number of benzene rings is 2. The SMILES string of the molecule is Cc1cccc(N2CCN(C(=O)c3cc4c(cc3Cl)N3CCCCCC3=NS4(=O)=O)CC2)c1. The molecule has 0 bridgehead atoms. The number of carbonyl (C=O) groups excluding carboxylic acids is 1. The molecule has 2 fully saturated rings. The van der Waals surface area contributed by atoms with Crippen LogP contribution in [0.4, 0.5) is 11.4 Å². The van der Waals surface area contributed by atoms with Crippen molar-refractivity contribution in [1.29, 1.82) is 0 Å². The molecule has 0 spiro atoms. The Kier molecular flexibility index (Phi) is 5.82. The Bertz CT molecular complexity index is 1240. The molecule has 0 N–H and O–H groups in total. The van der Waals surface area contributed by atoms with Crippen LogP contribution >= 0.6 is 11.6 Å². The number of hydrogen-bond acceptors (Lipinski definition) is 5. The summed E-state index contributed by atoms with van der Waals surface area (Å²) in [6.07, 6.45) is 3.53. The van der Waals surface area contributed by atoms with E-state index in [4.69, 9.17) is 11.6 Å². The first-order chi connectivity index (χ1) is 15.8. The van der Waals surface area contributed by atoms with Gasteiger partial charge in [-0.1, -0.05) is 30.2 Å². The predicted octanol–water partition coefficient (Wildman–Crippen LogP) is 4.09. The quantitative estimate of drug-likeness (QED) is 0.639. The van der Waals surface area contributed by atoms with Crippen LogP contribution in [-0.2, 0) is 10.0 Å². The van der Waals surface area contributed by atoms with E-state index in [-0.39, 0.29) is 21.4 Å². The average molecular weight is 487 g/mol. The lowest BCUT2D eigenvalue weighted by Crippen LogP contribution is -2.49. The third kappa shape index (κ3) is 4.22. The van der Waals surface area contributed by atoms with Gasteiger partial charge in [-0.15, -0.1) is 4.40 Å². The molecule has 2 aromatic rings. The predicted molar refractivity (Wildman–Crippen MR) is 131 cm³/mol. The van der Waals surface area contributed by atoms with E-state index < -0.39 is 10.0 Å². The summed E-state index contributed by atoms with van der Waals surface area (Å²) in [4.78, 5) is 19.3. The molecule has 0 radical (unpaired) electrons. The van der Waals surface area contributed by atoms with Crippen molar-refractivity contribution < 1.29 is 13.2 Å². The largest absolute Gasteiger partial charge is 0.368 e. The summed E-state index contributed by atoms with van der Waals surface area (Å²) < 4.78 is 30.0. The van der Waals surface area contributed by atoms with Gasteiger partial charge in [0.1, 0.15) is 10.7 Å². The highest BCUT2D eigenvalue weighted by atomic mass is 35.5. The standard InChI is InChI=1S/C24H27ClN4O3S/c1-17-6-5-7-18(14-17)27-10-12-28(13-11-27)24(30)19-15-22-21(16-20(19)25)29-9-4-2-3-8-23(29)26-33(22,31)32/h5-7,14-16H,2-4,8-13H2,1H3. The molecule has 3 aliphatic heterocycles. The molecule has 5 rings (SSSR count). The Morgan fingerprint density at radius 1 is 1.00 bits per heavy atom. The number of amidine groups is 1. The third-order valence-corrected chi connectivity index (χ3v) is 8.25. The average Bonchev–Trinajstić information content (AvgIpc) is 3.03. The second kappa shape index (κ2) is 8.65. The molecule has 0 saturated carbocycles. The molecule has 0 atom stereocenters. The lowest BCUT2D eigenvalue weighted by molar-refractivity contribution is 0.0746. The zero-order valence-electron chi connectivity index (χ0n) is 18.6. The van der Waals surface area contributed by atoms with E-state index in [2.05, 4.69) is 34.4 Å². The molecule has 3 aliphatic rings. The monoisotopic (exact) mass is 486 g/mol. The van der Waals surface area contributed by atoms with E-state index >= 15 is 0 Å². The molecule has 0 aliphatic carbocycles. The van der Waals surface area contributed by atoms with Gasteiger partial charge in [-0.25, -0.2) is 0 Å². The van der Waals surface area contributed by atoms with Crippen molar-refractivity contribution in [2.75, 3.05) is 42.5 Å². The number of piperazine rings is 1. The van der Waals surface area contributed by atoms with E-state index in [1.54, 1.807) is 11.0 Å². The molecule has 3 heterocycles. The Labute approximate surface area is 199 Å². The number of rotatable bonds is 2. The zero-order valence-corrected chi connectivity index (χ0v) is 20.2. The van der Waals surface area contributed by atoms with Crippen molar-refractivity contribution in [3.63, 3.8) is 0 Å². The summed E-state index contributed by atoms with van der Waals surface area (Å²) >= 11 is 6.56. The van der Waals surface area contributed by atoms with E-state index in [9.17, 15) is 13.2 Å². The Hall–Kier alpha value is -2.58. The van der Waals surface area contributed by atoms with Gasteiger partial charge in [0.15, 0.2) is 0 Å². The second-order valence-electron chi connectivity index (χ2n) is 8.86. The van der Waals surface area contributed by atoms with Crippen molar-refractivity contribution in [3.8, 4) is 0 Å². The normalized spacial score (nSPS) is 19.9. The highest BCUT2D eigenvalue weighted by molar-refractivity contribution is 7.90. The van der Waals surface area contributed by atoms with E-state index in [0.29, 0.717) is 50.7 Å². The van der Waals surface area contributed by atoms with Crippen LogP contribution < -0.4 is 9.80 Å². The molecule has 0 aromatic heterocycles. The summed E-state index contributed by atoms with van der Waals surface area (Å²) in [5.41, 5.74) is 3.10. The summed E-state index contributed by atoms with van der Waals surface area (Å²) in [5, 5.41) is 0.278. The Morgan fingerprint density at radius 2 is 1.79 bits per heavy atom. The van der Waals surface area contributed by atoms with Gasteiger partial charge < -0.3 is 14.7 Å². The van der Waals surface area contributed by atoms with Crippen molar-refractivity contribution in [1.82, 2.24) is 4.90 Å². The molecular formula is C24H27ClN4O3S. The lowest BCUT2D eigenvalue weighted by Gasteiger charge is -2.36. The molecule has 174 valence electrons. The number of anilines is 2. The Balaban J connectivity index is 1.40. The minimum absolute atomic E-state index is 0.0688. The van der Waals surface area contributed by atoms with Crippen LogP contribution in [0.25, 0.3) is 0 Å². The molecule has 9 heteroatoms. The van der Waals surface area contributed by atoms with Gasteiger partial charge in [0.2, 0.25) is 0 Å².